The van der Waals surface area contributed by atoms with Gasteiger partial charge in [-0.05, 0) is 29.8 Å². The largest absolute Gasteiger partial charge is 0.481 e. The number of nitrogens with zero attached hydrogens (tertiary/aromatic N) is 1. The summed E-state index contributed by atoms with van der Waals surface area (Å²) in [5, 5.41) is 9.52. The van der Waals surface area contributed by atoms with E-state index in [0.29, 0.717) is 22.8 Å². The molecule has 2 aromatic rings. The van der Waals surface area contributed by atoms with Crippen LogP contribution in [0.3, 0.4) is 0 Å². The van der Waals surface area contributed by atoms with Gasteiger partial charge in [0.2, 0.25) is 0 Å². The van der Waals surface area contributed by atoms with Crippen molar-refractivity contribution < 1.29 is 19.4 Å². The Balaban J connectivity index is 2.37. The lowest BCUT2D eigenvalue weighted by Gasteiger charge is -2.26. The molecule has 0 atom stereocenters. The second-order valence-electron chi connectivity index (χ2n) is 5.31. The van der Waals surface area contributed by atoms with E-state index in [1.54, 1.807) is 18.2 Å². The SMILES string of the molecule is COC(=O)c1ccccc1CN(CCC(=O)O)c1ccc(Br)cc1Cl. The number of aliphatic carboxylic acids is 1. The van der Waals surface area contributed by atoms with Gasteiger partial charge in [0.1, 0.15) is 0 Å². The number of hydrogen-bond donors (Lipinski definition) is 1. The van der Waals surface area contributed by atoms with Gasteiger partial charge in [-0.2, -0.15) is 0 Å². The van der Waals surface area contributed by atoms with Gasteiger partial charge in [0.25, 0.3) is 0 Å². The normalized spacial score (nSPS) is 10.4. The maximum absolute atomic E-state index is 12.0. The Morgan fingerprint density at radius 3 is 2.60 bits per heavy atom. The molecule has 0 bridgehead atoms. The van der Waals surface area contributed by atoms with E-state index in [0.717, 1.165) is 10.0 Å². The Labute approximate surface area is 159 Å². The number of hydrogen-bond acceptors (Lipinski definition) is 4. The smallest absolute Gasteiger partial charge is 0.338 e. The standard InChI is InChI=1S/C18H17BrClNO4/c1-25-18(24)14-5-3-2-4-12(14)11-21(9-8-17(22)23)16-7-6-13(19)10-15(16)20/h2-7,10H,8-9,11H2,1H3,(H,22,23). The van der Waals surface area contributed by atoms with Crippen molar-refractivity contribution in [2.24, 2.45) is 0 Å². The lowest BCUT2D eigenvalue weighted by molar-refractivity contribution is -0.136. The van der Waals surface area contributed by atoms with Crippen LogP contribution in [0.25, 0.3) is 0 Å². The molecule has 0 saturated heterocycles. The third-order valence-electron chi connectivity index (χ3n) is 3.63. The molecular weight excluding hydrogens is 410 g/mol. The molecule has 0 aliphatic rings. The predicted molar refractivity (Wildman–Crippen MR) is 100 cm³/mol. The van der Waals surface area contributed by atoms with Crippen molar-refractivity contribution in [3.8, 4) is 0 Å². The molecular formula is C18H17BrClNO4. The summed E-state index contributed by atoms with van der Waals surface area (Å²) in [7, 11) is 1.33. The van der Waals surface area contributed by atoms with Gasteiger partial charge >= 0.3 is 11.9 Å². The lowest BCUT2D eigenvalue weighted by Crippen LogP contribution is -2.27. The Hall–Kier alpha value is -2.05. The quantitative estimate of drug-likeness (QED) is 0.666. The van der Waals surface area contributed by atoms with Crippen molar-refractivity contribution in [3.63, 3.8) is 0 Å². The molecule has 0 amide bonds. The zero-order chi connectivity index (χ0) is 18.4. The summed E-state index contributed by atoms with van der Waals surface area (Å²) in [6, 6.07) is 12.5. The summed E-state index contributed by atoms with van der Waals surface area (Å²) in [4.78, 5) is 24.8. The summed E-state index contributed by atoms with van der Waals surface area (Å²) in [5.41, 5.74) is 1.88. The second kappa shape index (κ2) is 8.87. The molecule has 0 heterocycles. The highest BCUT2D eigenvalue weighted by Gasteiger charge is 2.17. The first-order valence-electron chi connectivity index (χ1n) is 7.50. The molecule has 2 aromatic carbocycles. The number of carboxylic acids is 1. The van der Waals surface area contributed by atoms with Gasteiger partial charge in [0.15, 0.2) is 0 Å². The molecule has 0 unspecified atom stereocenters. The van der Waals surface area contributed by atoms with Crippen molar-refractivity contribution in [1.29, 1.82) is 0 Å². The fraction of sp³-hybridized carbons (Fsp3) is 0.222. The van der Waals surface area contributed by atoms with E-state index in [1.807, 2.05) is 29.2 Å². The number of methoxy groups -OCH3 is 1. The molecule has 0 fully saturated rings. The number of esters is 1. The molecule has 0 aromatic heterocycles. The molecule has 0 saturated carbocycles. The van der Waals surface area contributed by atoms with Gasteiger partial charge in [-0.1, -0.05) is 45.7 Å². The van der Waals surface area contributed by atoms with Gasteiger partial charge in [0, 0.05) is 17.6 Å². The second-order valence-corrected chi connectivity index (χ2v) is 6.63. The Kier molecular flexibility index (Phi) is 6.84. The van der Waals surface area contributed by atoms with Crippen LogP contribution < -0.4 is 4.90 Å². The van der Waals surface area contributed by atoms with Crippen molar-refractivity contribution in [2.45, 2.75) is 13.0 Å². The minimum absolute atomic E-state index is 0.0488. The molecule has 25 heavy (non-hydrogen) atoms. The van der Waals surface area contributed by atoms with Crippen LogP contribution in [0.4, 0.5) is 5.69 Å². The average Bonchev–Trinajstić information content (AvgIpc) is 2.58. The number of anilines is 1. The molecule has 7 heteroatoms. The Bertz CT molecular complexity index is 781. The molecule has 1 N–H and O–H groups in total. The van der Waals surface area contributed by atoms with Crippen molar-refractivity contribution >= 4 is 45.2 Å². The zero-order valence-electron chi connectivity index (χ0n) is 13.5. The van der Waals surface area contributed by atoms with Crippen molar-refractivity contribution in [1.82, 2.24) is 0 Å². The molecule has 0 aliphatic carbocycles. The van der Waals surface area contributed by atoms with E-state index in [1.165, 1.54) is 7.11 Å². The van der Waals surface area contributed by atoms with Gasteiger partial charge in [-0.3, -0.25) is 4.79 Å². The molecule has 0 spiro atoms. The van der Waals surface area contributed by atoms with Crippen LogP contribution in [0.5, 0.6) is 0 Å². The highest BCUT2D eigenvalue weighted by atomic mass is 79.9. The first-order chi connectivity index (χ1) is 11.9. The van der Waals surface area contributed by atoms with Crippen molar-refractivity contribution in [3.05, 3.63) is 63.1 Å². The van der Waals surface area contributed by atoms with Crippen LogP contribution in [0, 0.1) is 0 Å². The highest BCUT2D eigenvalue weighted by Crippen LogP contribution is 2.30. The monoisotopic (exact) mass is 425 g/mol. The lowest BCUT2D eigenvalue weighted by atomic mass is 10.1. The zero-order valence-corrected chi connectivity index (χ0v) is 15.9. The minimum atomic E-state index is -0.903. The third-order valence-corrected chi connectivity index (χ3v) is 4.43. The van der Waals surface area contributed by atoms with Gasteiger partial charge in [0.05, 0.1) is 29.8 Å². The maximum atomic E-state index is 12.0. The summed E-state index contributed by atoms with van der Waals surface area (Å²) in [5.74, 6) is -1.34. The first-order valence-corrected chi connectivity index (χ1v) is 8.67. The summed E-state index contributed by atoms with van der Waals surface area (Å²) < 4.78 is 5.65. The van der Waals surface area contributed by atoms with Gasteiger partial charge in [-0.25, -0.2) is 4.79 Å². The summed E-state index contributed by atoms with van der Waals surface area (Å²) >= 11 is 9.68. The third kappa shape index (κ3) is 5.21. The molecule has 132 valence electrons. The van der Waals surface area contributed by atoms with E-state index >= 15 is 0 Å². The number of ether oxygens (including phenoxy) is 1. The minimum Gasteiger partial charge on any atom is -0.481 e. The fourth-order valence-corrected chi connectivity index (χ4v) is 3.22. The van der Waals surface area contributed by atoms with Gasteiger partial charge in [-0.15, -0.1) is 0 Å². The first kappa shape index (κ1) is 19.3. The number of carboxylic acid groups (broad SMARTS) is 1. The maximum Gasteiger partial charge on any atom is 0.338 e. The van der Waals surface area contributed by atoms with Crippen LogP contribution in [-0.4, -0.2) is 30.7 Å². The Morgan fingerprint density at radius 1 is 1.24 bits per heavy atom. The molecule has 5 nitrogen and oxygen atoms in total. The summed E-state index contributed by atoms with van der Waals surface area (Å²) in [6.45, 7) is 0.589. The van der Waals surface area contributed by atoms with Crippen LogP contribution in [0.15, 0.2) is 46.9 Å². The van der Waals surface area contributed by atoms with E-state index < -0.39 is 11.9 Å². The van der Waals surface area contributed by atoms with Crippen LogP contribution in [0.1, 0.15) is 22.3 Å². The Morgan fingerprint density at radius 2 is 1.96 bits per heavy atom. The van der Waals surface area contributed by atoms with Crippen molar-refractivity contribution in [2.75, 3.05) is 18.6 Å². The number of halogens is 2. The summed E-state index contributed by atoms with van der Waals surface area (Å²) in [6.07, 6.45) is -0.0488. The topological polar surface area (TPSA) is 66.8 Å². The number of carbonyl (C=O) groups excluding carboxylic acids is 1. The number of benzene rings is 2. The van der Waals surface area contributed by atoms with E-state index in [2.05, 4.69) is 15.9 Å². The van der Waals surface area contributed by atoms with Crippen LogP contribution in [0.2, 0.25) is 5.02 Å². The van der Waals surface area contributed by atoms with E-state index in [-0.39, 0.29) is 13.0 Å². The predicted octanol–water partition coefficient (Wildman–Crippen LogP) is 4.37. The van der Waals surface area contributed by atoms with Gasteiger partial charge < -0.3 is 14.7 Å². The molecule has 0 radical (unpaired) electrons. The van der Waals surface area contributed by atoms with Crippen LogP contribution in [-0.2, 0) is 16.1 Å². The highest BCUT2D eigenvalue weighted by molar-refractivity contribution is 9.10. The number of carbonyl (C=O) groups is 2. The van der Waals surface area contributed by atoms with E-state index in [9.17, 15) is 9.59 Å². The fourth-order valence-electron chi connectivity index (χ4n) is 2.43. The number of rotatable bonds is 7. The average molecular weight is 427 g/mol. The molecule has 0 aliphatic heterocycles. The molecule has 2 rings (SSSR count). The van der Waals surface area contributed by atoms with Crippen LogP contribution >= 0.6 is 27.5 Å². The van der Waals surface area contributed by atoms with E-state index in [4.69, 9.17) is 21.4 Å².